The number of carbonyl (C=O) groups is 1. The lowest BCUT2D eigenvalue weighted by Gasteiger charge is -2.41. The van der Waals surface area contributed by atoms with Crippen LogP contribution in [0.15, 0.2) is 18.2 Å². The summed E-state index contributed by atoms with van der Waals surface area (Å²) >= 11 is 5.13. The minimum Gasteiger partial charge on any atom is -0.442 e. The highest BCUT2D eigenvalue weighted by molar-refractivity contribution is 8.27. The van der Waals surface area contributed by atoms with Gasteiger partial charge in [0.1, 0.15) is 11.9 Å². The number of rotatable bonds is 8. The number of cyclic esters (lactones) is 1. The molecule has 2 aliphatic rings. The topological polar surface area (TPSA) is 94.1 Å². The van der Waals surface area contributed by atoms with Gasteiger partial charge >= 0.3 is 6.09 Å². The number of carbonyl (C=O) groups excluding carboxylic acids is 1. The molecule has 1 aromatic carbocycles. The average molecular weight is 460 g/mol. The lowest BCUT2D eigenvalue weighted by molar-refractivity contribution is 0.143. The summed E-state index contributed by atoms with van der Waals surface area (Å²) in [6, 6.07) is 4.88. The van der Waals surface area contributed by atoms with Gasteiger partial charge in [-0.3, -0.25) is 9.62 Å². The molecule has 0 bridgehead atoms. The number of nitrogens with zero attached hydrogens (tertiary/aromatic N) is 1. The largest absolute Gasteiger partial charge is 0.442 e. The fraction of sp³-hybridized carbons (Fsp3) is 0.600. The van der Waals surface area contributed by atoms with Gasteiger partial charge in [0, 0.05) is 18.1 Å². The number of aliphatic hydroxyl groups excluding tert-OH is 1. The predicted molar refractivity (Wildman–Crippen MR) is 122 cm³/mol. The maximum absolute atomic E-state index is 14.9. The Morgan fingerprint density at radius 3 is 2.77 bits per heavy atom. The minimum absolute atomic E-state index is 0.0179. The SMILES string of the molecule is CCC(=S)NCC1CN(c2ccc(C3CCS(O)(NCCO)CC3)c(F)c2)C(=O)O1. The smallest absolute Gasteiger partial charge is 0.414 e. The number of hydrogen-bond donors (Lipinski definition) is 4. The molecular weight excluding hydrogens is 429 g/mol. The van der Waals surface area contributed by atoms with Gasteiger partial charge in [-0.05, 0) is 42.9 Å². The summed E-state index contributed by atoms with van der Waals surface area (Å²) in [5.41, 5.74) is 1.09. The summed E-state index contributed by atoms with van der Waals surface area (Å²) in [5, 5.41) is 12.0. The molecule has 0 aliphatic carbocycles. The zero-order chi connectivity index (χ0) is 21.7. The quantitative estimate of drug-likeness (QED) is 0.444. The van der Waals surface area contributed by atoms with Crippen LogP contribution < -0.4 is 14.9 Å². The minimum atomic E-state index is -1.92. The van der Waals surface area contributed by atoms with E-state index in [4.69, 9.17) is 22.1 Å². The number of thiocarbonyl (C=S) groups is 1. The van der Waals surface area contributed by atoms with Gasteiger partial charge in [-0.1, -0.05) is 35.7 Å². The fourth-order valence-corrected chi connectivity index (χ4v) is 6.21. The number of halogens is 1. The summed E-state index contributed by atoms with van der Waals surface area (Å²) < 4.78 is 33.9. The van der Waals surface area contributed by atoms with Gasteiger partial charge in [-0.2, -0.15) is 0 Å². The van der Waals surface area contributed by atoms with Crippen LogP contribution in [-0.4, -0.2) is 64.6 Å². The molecule has 0 radical (unpaired) electrons. The Kier molecular flexibility index (Phi) is 7.92. The second kappa shape index (κ2) is 10.2. The van der Waals surface area contributed by atoms with Crippen molar-refractivity contribution in [2.45, 2.75) is 38.2 Å². The average Bonchev–Trinajstić information content (AvgIpc) is 3.12. The van der Waals surface area contributed by atoms with E-state index in [1.807, 2.05) is 6.92 Å². The number of amides is 1. The third-order valence-electron chi connectivity index (χ3n) is 5.55. The van der Waals surface area contributed by atoms with Crippen LogP contribution in [0.1, 0.15) is 37.7 Å². The predicted octanol–water partition coefficient (Wildman–Crippen LogP) is 3.13. The fourth-order valence-electron chi connectivity index (χ4n) is 3.82. The molecule has 2 saturated heterocycles. The molecule has 30 heavy (non-hydrogen) atoms. The summed E-state index contributed by atoms with van der Waals surface area (Å²) in [7, 11) is -1.92. The third kappa shape index (κ3) is 5.61. The van der Waals surface area contributed by atoms with Crippen molar-refractivity contribution in [3.05, 3.63) is 29.6 Å². The Bertz CT molecular complexity index is 774. The van der Waals surface area contributed by atoms with Crippen LogP contribution in [0.3, 0.4) is 0 Å². The van der Waals surface area contributed by atoms with Crippen molar-refractivity contribution in [1.82, 2.24) is 10.0 Å². The maximum atomic E-state index is 14.9. The number of benzene rings is 1. The lowest BCUT2D eigenvalue weighted by atomic mass is 9.93. The van der Waals surface area contributed by atoms with Crippen LogP contribution in [0, 0.1) is 5.82 Å². The van der Waals surface area contributed by atoms with Crippen LogP contribution in [0.4, 0.5) is 14.9 Å². The molecule has 2 heterocycles. The van der Waals surface area contributed by atoms with Crippen LogP contribution in [-0.2, 0) is 4.74 Å². The van der Waals surface area contributed by atoms with E-state index >= 15 is 0 Å². The first kappa shape index (κ1) is 23.2. The molecule has 0 aromatic heterocycles. The van der Waals surface area contributed by atoms with E-state index in [0.29, 0.717) is 60.2 Å². The summed E-state index contributed by atoms with van der Waals surface area (Å²) in [6.45, 7) is 3.08. The number of aliphatic hydroxyl groups is 1. The van der Waals surface area contributed by atoms with Crippen molar-refractivity contribution in [2.75, 3.05) is 42.6 Å². The van der Waals surface area contributed by atoms with Gasteiger partial charge < -0.3 is 19.7 Å². The zero-order valence-corrected chi connectivity index (χ0v) is 18.7. The Hall–Kier alpha value is -1.46. The van der Waals surface area contributed by atoms with Crippen molar-refractivity contribution >= 4 is 39.5 Å². The molecule has 1 atom stereocenters. The summed E-state index contributed by atoms with van der Waals surface area (Å²) in [4.78, 5) is 14.4. The molecule has 4 N–H and O–H groups in total. The van der Waals surface area contributed by atoms with Gasteiger partial charge in [0.05, 0.1) is 30.4 Å². The molecule has 3 rings (SSSR count). The van der Waals surface area contributed by atoms with E-state index < -0.39 is 16.6 Å². The second-order valence-electron chi connectivity index (χ2n) is 7.62. The molecule has 2 aliphatic heterocycles. The van der Waals surface area contributed by atoms with E-state index in [2.05, 4.69) is 10.0 Å². The normalized spacial score (nSPS) is 28.7. The van der Waals surface area contributed by atoms with Crippen molar-refractivity contribution in [3.8, 4) is 0 Å². The molecule has 1 aromatic rings. The second-order valence-corrected chi connectivity index (χ2v) is 10.9. The zero-order valence-electron chi connectivity index (χ0n) is 17.1. The molecule has 10 heteroatoms. The van der Waals surface area contributed by atoms with Crippen LogP contribution in [0.5, 0.6) is 0 Å². The van der Waals surface area contributed by atoms with Crippen LogP contribution >= 0.6 is 22.7 Å². The Labute approximate surface area is 183 Å². The maximum Gasteiger partial charge on any atom is 0.414 e. The third-order valence-corrected chi connectivity index (χ3v) is 8.54. The van der Waals surface area contributed by atoms with Gasteiger partial charge in [0.15, 0.2) is 0 Å². The van der Waals surface area contributed by atoms with E-state index in [9.17, 15) is 13.7 Å². The molecule has 0 saturated carbocycles. The van der Waals surface area contributed by atoms with Crippen LogP contribution in [0.25, 0.3) is 0 Å². The molecular formula is C20H30FN3O4S2. The molecule has 0 spiro atoms. The van der Waals surface area contributed by atoms with Crippen LogP contribution in [0.2, 0.25) is 0 Å². The monoisotopic (exact) mass is 459 g/mol. The molecule has 1 amide bonds. The van der Waals surface area contributed by atoms with Crippen molar-refractivity contribution < 1.29 is 23.6 Å². The number of hydrogen-bond acceptors (Lipinski definition) is 6. The molecule has 168 valence electrons. The molecule has 2 fully saturated rings. The highest BCUT2D eigenvalue weighted by atomic mass is 32.3. The van der Waals surface area contributed by atoms with E-state index in [1.54, 1.807) is 12.1 Å². The van der Waals surface area contributed by atoms with Crippen molar-refractivity contribution in [3.63, 3.8) is 0 Å². The number of ether oxygens (including phenoxy) is 1. The first-order valence-corrected chi connectivity index (χ1v) is 12.6. The van der Waals surface area contributed by atoms with E-state index in [0.717, 1.165) is 6.42 Å². The Balaban J connectivity index is 1.60. The standard InChI is InChI=1S/C20H30FN3O4S2/c1-2-19(29)22-12-16-13-24(20(26)28-16)15-3-4-17(18(21)11-15)14-5-9-30(27,10-6-14)23-7-8-25/h3-4,11,14,16,23,25,27H,2,5-10,12-13H2,1H3,(H,22,29). The van der Waals surface area contributed by atoms with Gasteiger partial charge in [-0.15, -0.1) is 0 Å². The molecule has 7 nitrogen and oxygen atoms in total. The highest BCUT2D eigenvalue weighted by Gasteiger charge is 2.34. The van der Waals surface area contributed by atoms with Crippen molar-refractivity contribution in [1.29, 1.82) is 0 Å². The first-order chi connectivity index (χ1) is 14.3. The number of anilines is 1. The number of nitrogens with one attached hydrogen (secondary N) is 2. The van der Waals surface area contributed by atoms with Gasteiger partial charge in [0.2, 0.25) is 0 Å². The van der Waals surface area contributed by atoms with Gasteiger partial charge in [-0.25, -0.2) is 9.18 Å². The van der Waals surface area contributed by atoms with Crippen molar-refractivity contribution in [2.24, 2.45) is 0 Å². The van der Waals surface area contributed by atoms with E-state index in [1.165, 1.54) is 11.0 Å². The lowest BCUT2D eigenvalue weighted by Crippen LogP contribution is -2.33. The van der Waals surface area contributed by atoms with Gasteiger partial charge in [0.25, 0.3) is 0 Å². The summed E-state index contributed by atoms with van der Waals surface area (Å²) in [5.74, 6) is 0.833. The molecule has 1 unspecified atom stereocenters. The Morgan fingerprint density at radius 2 is 2.13 bits per heavy atom. The first-order valence-electron chi connectivity index (χ1n) is 10.3. The Morgan fingerprint density at radius 1 is 1.40 bits per heavy atom. The highest BCUT2D eigenvalue weighted by Crippen LogP contribution is 2.48. The summed E-state index contributed by atoms with van der Waals surface area (Å²) in [6.07, 6.45) is 1.26. The van der Waals surface area contributed by atoms with E-state index in [-0.39, 0.29) is 24.4 Å².